The number of halogens is 4. The Labute approximate surface area is 186 Å². The number of hydrogen-bond donors (Lipinski definition) is 4. The van der Waals surface area contributed by atoms with Crippen molar-refractivity contribution in [2.45, 2.75) is 6.61 Å². The highest BCUT2D eigenvalue weighted by Gasteiger charge is 2.24. The van der Waals surface area contributed by atoms with Crippen LogP contribution in [-0.2, 0) is 20.9 Å². The Bertz CT molecular complexity index is 864. The molecule has 0 fully saturated rings. The van der Waals surface area contributed by atoms with Crippen molar-refractivity contribution in [3.8, 4) is 0 Å². The third kappa shape index (κ3) is 7.66. The highest BCUT2D eigenvalue weighted by atomic mass is 127. The van der Waals surface area contributed by atoms with Gasteiger partial charge in [0.25, 0.3) is 5.91 Å². The summed E-state index contributed by atoms with van der Waals surface area (Å²) in [4.78, 5) is 17.2. The minimum Gasteiger partial charge on any atom is -0.394 e. The molecule has 0 bridgehead atoms. The molecule has 1 aromatic rings. The van der Waals surface area contributed by atoms with Gasteiger partial charge in [-0.05, 0) is 16.2 Å². The van der Waals surface area contributed by atoms with Gasteiger partial charge in [0.05, 0.1) is 63.2 Å². The van der Waals surface area contributed by atoms with Crippen molar-refractivity contribution in [2.75, 3.05) is 45.0 Å². The van der Waals surface area contributed by atoms with Crippen LogP contribution in [0.25, 0.3) is 0 Å². The lowest BCUT2D eigenvalue weighted by Gasteiger charge is -2.17. The van der Waals surface area contributed by atoms with E-state index in [0.717, 1.165) is 6.07 Å². The number of anilines is 1. The van der Waals surface area contributed by atoms with Crippen molar-refractivity contribution in [3.63, 3.8) is 0 Å². The molecular weight excluding hydrogens is 536 g/mol. The zero-order chi connectivity index (χ0) is 22.6. The lowest BCUT2D eigenvalue weighted by molar-refractivity contribution is 0.0167. The van der Waals surface area contributed by atoms with Crippen LogP contribution < -0.4 is 10.8 Å². The second-order valence-corrected chi connectivity index (χ2v) is 7.95. The van der Waals surface area contributed by atoms with Gasteiger partial charge in [-0.2, -0.15) is 0 Å². The molecule has 0 aliphatic carbocycles. The van der Waals surface area contributed by atoms with Crippen molar-refractivity contribution in [3.05, 3.63) is 50.5 Å². The van der Waals surface area contributed by atoms with E-state index in [1.807, 2.05) is 5.48 Å². The number of carbonyl (C=O) groups is 1. The first-order chi connectivity index (χ1) is 15.0. The van der Waals surface area contributed by atoms with Crippen LogP contribution in [0.1, 0.15) is 15.9 Å². The summed E-state index contributed by atoms with van der Waals surface area (Å²) in [7, 11) is 0. The van der Waals surface area contributed by atoms with Gasteiger partial charge in [-0.25, -0.2) is 18.7 Å². The SMILES string of the molecule is O=C(NOCCO)c1cc(COCCOCCO)c(F)c(F)c1NC1=C(F)C=IC=C1. The number of hydrogen-bond acceptors (Lipinski definition) is 7. The van der Waals surface area contributed by atoms with Crippen molar-refractivity contribution >= 4 is 36.3 Å². The Morgan fingerprint density at radius 2 is 1.77 bits per heavy atom. The Balaban J connectivity index is 2.27. The van der Waals surface area contributed by atoms with Gasteiger partial charge in [0, 0.05) is 9.58 Å². The third-order valence-electron chi connectivity index (χ3n) is 3.73. The van der Waals surface area contributed by atoms with Gasteiger partial charge in [0.15, 0.2) is 17.5 Å². The number of ether oxygens (including phenoxy) is 2. The summed E-state index contributed by atoms with van der Waals surface area (Å²) in [5, 5.41) is 19.8. The number of benzene rings is 1. The summed E-state index contributed by atoms with van der Waals surface area (Å²) in [6.07, 6.45) is 1.40. The van der Waals surface area contributed by atoms with E-state index in [1.54, 1.807) is 4.08 Å². The molecule has 31 heavy (non-hydrogen) atoms. The quantitative estimate of drug-likeness (QED) is 0.167. The molecule has 2 rings (SSSR count). The zero-order valence-corrected chi connectivity index (χ0v) is 18.5. The molecule has 1 amide bonds. The van der Waals surface area contributed by atoms with Crippen LogP contribution in [0.15, 0.2) is 27.7 Å². The van der Waals surface area contributed by atoms with Crippen LogP contribution in [0.3, 0.4) is 0 Å². The van der Waals surface area contributed by atoms with Crippen LogP contribution >= 0.6 is 20.7 Å². The average molecular weight is 558 g/mol. The van der Waals surface area contributed by atoms with Gasteiger partial charge in [-0.15, -0.1) is 0 Å². The van der Waals surface area contributed by atoms with E-state index in [9.17, 15) is 18.0 Å². The molecule has 12 heteroatoms. The smallest absolute Gasteiger partial charge is 0.277 e. The van der Waals surface area contributed by atoms with Crippen LogP contribution in [0.2, 0.25) is 0 Å². The van der Waals surface area contributed by atoms with Crippen molar-refractivity contribution in [2.24, 2.45) is 0 Å². The van der Waals surface area contributed by atoms with Gasteiger partial charge in [-0.3, -0.25) is 9.63 Å². The Morgan fingerprint density at radius 1 is 1.03 bits per heavy atom. The van der Waals surface area contributed by atoms with E-state index in [-0.39, 0.29) is 63.1 Å². The molecule has 1 aromatic carbocycles. The topological polar surface area (TPSA) is 109 Å². The maximum Gasteiger partial charge on any atom is 0.277 e. The molecule has 0 atom stereocenters. The second-order valence-electron chi connectivity index (χ2n) is 5.89. The number of carbonyl (C=O) groups excluding carboxylic acids is 1. The molecule has 0 unspecified atom stereocenters. The summed E-state index contributed by atoms with van der Waals surface area (Å²) in [5.74, 6) is -4.21. The standard InChI is InChI=1S/C19H22F3IN2O6/c20-14-10-23-2-1-15(14)24-18-13(19(28)25-31-6-4-27)9-12(16(21)17(18)22)11-30-8-7-29-5-3-26/h1-2,9-10,24,26-27H,3-8,11H2,(H,25,28). The molecular formula is C19H22F3IN2O6. The van der Waals surface area contributed by atoms with Crippen molar-refractivity contribution in [1.29, 1.82) is 0 Å². The molecule has 0 radical (unpaired) electrons. The van der Waals surface area contributed by atoms with Crippen LogP contribution in [0, 0.1) is 11.6 Å². The summed E-state index contributed by atoms with van der Waals surface area (Å²) in [5.41, 5.74) is 0.737. The Kier molecular flexibility index (Phi) is 11.1. The fourth-order valence-corrected chi connectivity index (χ4v) is 3.76. The number of aliphatic hydroxyl groups excluding tert-OH is 2. The number of nitrogens with one attached hydrogen (secondary N) is 2. The van der Waals surface area contributed by atoms with Crippen molar-refractivity contribution < 1.29 is 42.5 Å². The first kappa shape index (κ1) is 25.4. The maximum absolute atomic E-state index is 14.9. The van der Waals surface area contributed by atoms with Gasteiger partial charge in [0.2, 0.25) is 0 Å². The van der Waals surface area contributed by atoms with E-state index in [1.165, 1.54) is 10.1 Å². The van der Waals surface area contributed by atoms with Gasteiger partial charge in [0.1, 0.15) is 0 Å². The van der Waals surface area contributed by atoms with E-state index in [4.69, 9.17) is 24.5 Å². The average Bonchev–Trinajstić information content (AvgIpc) is 2.76. The van der Waals surface area contributed by atoms with Crippen LogP contribution in [0.5, 0.6) is 0 Å². The van der Waals surface area contributed by atoms with Crippen LogP contribution in [-0.4, -0.2) is 59.8 Å². The molecule has 0 spiro atoms. The van der Waals surface area contributed by atoms with E-state index in [0.29, 0.717) is 0 Å². The fourth-order valence-electron chi connectivity index (χ4n) is 2.33. The second kappa shape index (κ2) is 13.5. The predicted octanol–water partition coefficient (Wildman–Crippen LogP) is 2.04. The third-order valence-corrected chi connectivity index (χ3v) is 5.41. The summed E-state index contributed by atoms with van der Waals surface area (Å²) < 4.78 is 56.8. The molecule has 1 heterocycles. The number of aliphatic hydroxyl groups is 2. The van der Waals surface area contributed by atoms with Crippen molar-refractivity contribution in [1.82, 2.24) is 5.48 Å². The molecule has 8 nitrogen and oxygen atoms in total. The Hall–Kier alpha value is -1.84. The molecule has 0 saturated carbocycles. The van der Waals surface area contributed by atoms with Gasteiger partial charge in [-0.1, -0.05) is 20.7 Å². The lowest BCUT2D eigenvalue weighted by Crippen LogP contribution is -2.27. The zero-order valence-electron chi connectivity index (χ0n) is 16.3. The van der Waals surface area contributed by atoms with E-state index < -0.39 is 49.8 Å². The highest BCUT2D eigenvalue weighted by molar-refractivity contribution is 14.2. The predicted molar refractivity (Wildman–Crippen MR) is 115 cm³/mol. The van der Waals surface area contributed by atoms with E-state index in [2.05, 4.69) is 5.32 Å². The molecule has 1 aliphatic heterocycles. The number of rotatable bonds is 13. The number of hydroxylamine groups is 1. The first-order valence-corrected chi connectivity index (χ1v) is 11.6. The largest absolute Gasteiger partial charge is 0.394 e. The molecule has 172 valence electrons. The van der Waals surface area contributed by atoms with E-state index >= 15 is 0 Å². The first-order valence-electron chi connectivity index (χ1n) is 9.08. The maximum atomic E-state index is 14.9. The summed E-state index contributed by atoms with van der Waals surface area (Å²) in [6.45, 7) is -0.818. The van der Waals surface area contributed by atoms with Gasteiger partial charge < -0.3 is 25.0 Å². The highest BCUT2D eigenvalue weighted by Crippen LogP contribution is 2.29. The summed E-state index contributed by atoms with van der Waals surface area (Å²) >= 11 is -0.603. The molecule has 4 N–H and O–H groups in total. The number of allylic oxidation sites excluding steroid dienone is 2. The monoisotopic (exact) mass is 558 g/mol. The molecule has 1 aliphatic rings. The van der Waals surface area contributed by atoms with Crippen LogP contribution in [0.4, 0.5) is 18.9 Å². The Morgan fingerprint density at radius 3 is 2.48 bits per heavy atom. The fraction of sp³-hybridized carbons (Fsp3) is 0.368. The minimum absolute atomic E-state index is 0.0456. The molecule has 0 saturated heterocycles. The normalized spacial score (nSPS) is 13.3. The summed E-state index contributed by atoms with van der Waals surface area (Å²) in [6, 6.07) is 1.06. The van der Waals surface area contributed by atoms with Gasteiger partial charge >= 0.3 is 0 Å². The minimum atomic E-state index is -1.39. The lowest BCUT2D eigenvalue weighted by atomic mass is 10.1. The number of amides is 1. The molecule has 0 aromatic heterocycles.